The van der Waals surface area contributed by atoms with E-state index in [2.05, 4.69) is 9.73 Å². The highest BCUT2D eigenvalue weighted by molar-refractivity contribution is 5.95. The number of nitrogens with zero attached hydrogens (tertiary/aromatic N) is 1. The van der Waals surface area contributed by atoms with Crippen LogP contribution in [0.25, 0.3) is 0 Å². The normalized spacial score (nSPS) is 21.2. The van der Waals surface area contributed by atoms with Crippen molar-refractivity contribution in [2.24, 2.45) is 4.99 Å². The fraction of sp³-hybridized carbons (Fsp3) is 0.385. The summed E-state index contributed by atoms with van der Waals surface area (Å²) in [5.41, 5.74) is 0.782. The molecule has 0 saturated heterocycles. The van der Waals surface area contributed by atoms with Gasteiger partial charge in [-0.1, -0.05) is 18.2 Å². The Hall–Kier alpha value is -1.92. The van der Waals surface area contributed by atoms with Crippen molar-refractivity contribution in [2.75, 3.05) is 13.7 Å². The number of ether oxygens (including phenoxy) is 2. The van der Waals surface area contributed by atoms with Gasteiger partial charge in [-0.05, 0) is 12.1 Å². The molecule has 1 aromatic carbocycles. The molecule has 6 nitrogen and oxygen atoms in total. The molecule has 0 aromatic heterocycles. The summed E-state index contributed by atoms with van der Waals surface area (Å²) in [4.78, 5) is 15.3. The third kappa shape index (κ3) is 2.91. The number of aliphatic hydroxyl groups excluding tert-OH is 2. The quantitative estimate of drug-likeness (QED) is 0.731. The van der Waals surface area contributed by atoms with Crippen molar-refractivity contribution in [2.45, 2.75) is 18.2 Å². The lowest BCUT2D eigenvalue weighted by molar-refractivity contribution is -0.157. The average Bonchev–Trinajstić information content (AvgIpc) is 2.95. The van der Waals surface area contributed by atoms with E-state index in [1.54, 1.807) is 0 Å². The first-order valence-corrected chi connectivity index (χ1v) is 5.83. The zero-order chi connectivity index (χ0) is 13.8. The van der Waals surface area contributed by atoms with Crippen molar-refractivity contribution in [3.63, 3.8) is 0 Å². The van der Waals surface area contributed by atoms with Crippen molar-refractivity contribution in [1.29, 1.82) is 0 Å². The van der Waals surface area contributed by atoms with Crippen LogP contribution in [0.4, 0.5) is 0 Å². The first-order valence-electron chi connectivity index (χ1n) is 5.83. The van der Waals surface area contributed by atoms with Gasteiger partial charge in [0.2, 0.25) is 5.90 Å². The fourth-order valence-corrected chi connectivity index (χ4v) is 1.77. The Bertz CT molecular complexity index is 473. The van der Waals surface area contributed by atoms with Gasteiger partial charge in [-0.25, -0.2) is 9.79 Å². The number of hydrogen-bond acceptors (Lipinski definition) is 6. The number of methoxy groups -OCH3 is 1. The maximum atomic E-state index is 11.1. The molecule has 0 amide bonds. The molecule has 1 aromatic rings. The molecule has 0 saturated carbocycles. The maximum absolute atomic E-state index is 11.1. The van der Waals surface area contributed by atoms with E-state index < -0.39 is 24.2 Å². The summed E-state index contributed by atoms with van der Waals surface area (Å²) in [5, 5.41) is 19.4. The van der Waals surface area contributed by atoms with Gasteiger partial charge < -0.3 is 19.7 Å². The molecule has 2 N–H and O–H groups in total. The highest BCUT2D eigenvalue weighted by Gasteiger charge is 2.35. The van der Waals surface area contributed by atoms with Gasteiger partial charge in [-0.3, -0.25) is 0 Å². The molecular weight excluding hydrogens is 250 g/mol. The SMILES string of the molecule is COC(=O)[C@H](O)[C@@H](O)[C@@H]1COC(c2ccccc2)=N1. The van der Waals surface area contributed by atoms with Crippen LogP contribution in [0.5, 0.6) is 0 Å². The second-order valence-electron chi connectivity index (χ2n) is 4.14. The van der Waals surface area contributed by atoms with E-state index in [1.165, 1.54) is 0 Å². The molecule has 1 aliphatic heterocycles. The second kappa shape index (κ2) is 5.81. The smallest absolute Gasteiger partial charge is 0.337 e. The molecule has 0 radical (unpaired) electrons. The van der Waals surface area contributed by atoms with Crippen molar-refractivity contribution in [3.8, 4) is 0 Å². The van der Waals surface area contributed by atoms with Crippen LogP contribution >= 0.6 is 0 Å². The van der Waals surface area contributed by atoms with Crippen LogP contribution < -0.4 is 0 Å². The zero-order valence-electron chi connectivity index (χ0n) is 10.4. The summed E-state index contributed by atoms with van der Waals surface area (Å²) < 4.78 is 9.73. The van der Waals surface area contributed by atoms with Gasteiger partial charge in [0.05, 0.1) is 7.11 Å². The van der Waals surface area contributed by atoms with Crippen molar-refractivity contribution in [1.82, 2.24) is 0 Å². The van der Waals surface area contributed by atoms with Crippen molar-refractivity contribution in [3.05, 3.63) is 35.9 Å². The third-order valence-corrected chi connectivity index (χ3v) is 2.86. The third-order valence-electron chi connectivity index (χ3n) is 2.86. The van der Waals surface area contributed by atoms with Gasteiger partial charge in [-0.15, -0.1) is 0 Å². The van der Waals surface area contributed by atoms with Crippen LogP contribution in [-0.2, 0) is 14.3 Å². The second-order valence-corrected chi connectivity index (χ2v) is 4.14. The lowest BCUT2D eigenvalue weighted by Gasteiger charge is -2.18. The topological polar surface area (TPSA) is 88.4 Å². The summed E-state index contributed by atoms with van der Waals surface area (Å²) in [7, 11) is 1.14. The highest BCUT2D eigenvalue weighted by atomic mass is 16.5. The molecule has 0 unspecified atom stereocenters. The van der Waals surface area contributed by atoms with Crippen molar-refractivity contribution >= 4 is 11.9 Å². The first kappa shape index (κ1) is 13.5. The Labute approximate surface area is 110 Å². The van der Waals surface area contributed by atoms with Crippen LogP contribution in [0.1, 0.15) is 5.56 Å². The van der Waals surface area contributed by atoms with Crippen LogP contribution in [0.15, 0.2) is 35.3 Å². The minimum absolute atomic E-state index is 0.111. The highest BCUT2D eigenvalue weighted by Crippen LogP contribution is 2.16. The van der Waals surface area contributed by atoms with Gasteiger partial charge in [0.25, 0.3) is 0 Å². The Kier molecular flexibility index (Phi) is 4.13. The zero-order valence-corrected chi connectivity index (χ0v) is 10.4. The van der Waals surface area contributed by atoms with E-state index in [1.807, 2.05) is 30.3 Å². The van der Waals surface area contributed by atoms with E-state index in [9.17, 15) is 15.0 Å². The molecular formula is C13H15NO5. The minimum atomic E-state index is -1.63. The van der Waals surface area contributed by atoms with E-state index in [-0.39, 0.29) is 6.61 Å². The van der Waals surface area contributed by atoms with Gasteiger partial charge in [0, 0.05) is 5.56 Å². The summed E-state index contributed by atoms with van der Waals surface area (Å²) in [6.07, 6.45) is -2.98. The fourth-order valence-electron chi connectivity index (χ4n) is 1.77. The summed E-state index contributed by atoms with van der Waals surface area (Å²) in [5.74, 6) is -0.502. The summed E-state index contributed by atoms with van der Waals surface area (Å²) in [6, 6.07) is 8.51. The number of carbonyl (C=O) groups excluding carboxylic acids is 1. The number of aliphatic hydroxyl groups is 2. The van der Waals surface area contributed by atoms with Crippen LogP contribution in [-0.4, -0.2) is 54.0 Å². The molecule has 6 heteroatoms. The van der Waals surface area contributed by atoms with E-state index in [0.29, 0.717) is 5.90 Å². The van der Waals surface area contributed by atoms with E-state index in [0.717, 1.165) is 12.7 Å². The van der Waals surface area contributed by atoms with E-state index in [4.69, 9.17) is 4.74 Å². The molecule has 19 heavy (non-hydrogen) atoms. The van der Waals surface area contributed by atoms with Crippen molar-refractivity contribution < 1.29 is 24.5 Å². The summed E-state index contributed by atoms with van der Waals surface area (Å²) in [6.45, 7) is 0.111. The molecule has 2 rings (SSSR count). The Morgan fingerprint density at radius 1 is 1.42 bits per heavy atom. The van der Waals surface area contributed by atoms with Gasteiger partial charge >= 0.3 is 5.97 Å². The number of rotatable bonds is 4. The average molecular weight is 265 g/mol. The van der Waals surface area contributed by atoms with Gasteiger partial charge in [0.1, 0.15) is 18.8 Å². The first-order chi connectivity index (χ1) is 9.13. The summed E-state index contributed by atoms with van der Waals surface area (Å²) >= 11 is 0. The largest absolute Gasteiger partial charge is 0.475 e. The maximum Gasteiger partial charge on any atom is 0.337 e. The molecule has 1 heterocycles. The number of hydrogen-bond donors (Lipinski definition) is 2. The van der Waals surface area contributed by atoms with Gasteiger partial charge in [0.15, 0.2) is 6.10 Å². The van der Waals surface area contributed by atoms with Crippen LogP contribution in [0, 0.1) is 0 Å². The van der Waals surface area contributed by atoms with E-state index >= 15 is 0 Å². The lowest BCUT2D eigenvalue weighted by atomic mass is 10.1. The Morgan fingerprint density at radius 3 is 2.74 bits per heavy atom. The number of carbonyl (C=O) groups is 1. The lowest BCUT2D eigenvalue weighted by Crippen LogP contribution is -2.42. The number of aliphatic imine (C=N–C) groups is 1. The van der Waals surface area contributed by atoms with Crippen LogP contribution in [0.2, 0.25) is 0 Å². The van der Waals surface area contributed by atoms with Crippen LogP contribution in [0.3, 0.4) is 0 Å². The standard InChI is InChI=1S/C13H15NO5/c1-18-13(17)11(16)10(15)9-7-19-12(14-9)8-5-3-2-4-6-8/h2-6,9-11,15-16H,7H2,1H3/t9-,10-,11+/m0/s1. The molecule has 0 aliphatic carbocycles. The Morgan fingerprint density at radius 2 is 2.11 bits per heavy atom. The molecule has 3 atom stereocenters. The molecule has 102 valence electrons. The molecule has 0 bridgehead atoms. The van der Waals surface area contributed by atoms with Gasteiger partial charge in [-0.2, -0.15) is 0 Å². The Balaban J connectivity index is 2.08. The minimum Gasteiger partial charge on any atom is -0.475 e. The predicted octanol–water partition coefficient (Wildman–Crippen LogP) is -0.273. The molecule has 1 aliphatic rings. The molecule has 0 spiro atoms. The number of benzene rings is 1. The molecule has 0 fully saturated rings. The number of esters is 1. The predicted molar refractivity (Wildman–Crippen MR) is 66.7 cm³/mol. The monoisotopic (exact) mass is 265 g/mol.